The SMILES string of the molecule is Cc1ccc(S(=O)(=O)n2cc(-c3nc(C4(N)CCCC(N)C4)c(F)cc3C(F)(F)F)c3cc(F)cc(F)c32)cc1. The summed E-state index contributed by atoms with van der Waals surface area (Å²) in [6.07, 6.45) is -3.16. The first-order valence-electron chi connectivity index (χ1n) is 12.3. The quantitative estimate of drug-likeness (QED) is 0.299. The second-order valence-corrected chi connectivity index (χ2v) is 12.0. The maximum atomic E-state index is 15.2. The lowest BCUT2D eigenvalue weighted by molar-refractivity contribution is -0.137. The molecule has 2 aromatic carbocycles. The molecule has 1 saturated carbocycles. The Morgan fingerprint density at radius 2 is 1.73 bits per heavy atom. The van der Waals surface area contributed by atoms with Gasteiger partial charge in [0.15, 0.2) is 5.82 Å². The molecule has 13 heteroatoms. The summed E-state index contributed by atoms with van der Waals surface area (Å²) in [5, 5.41) is -0.504. The summed E-state index contributed by atoms with van der Waals surface area (Å²) in [4.78, 5) is 3.71. The molecule has 2 atom stereocenters. The van der Waals surface area contributed by atoms with Crippen molar-refractivity contribution in [3.8, 4) is 11.3 Å². The minimum Gasteiger partial charge on any atom is -0.328 e. The molecule has 4 N–H and O–H groups in total. The van der Waals surface area contributed by atoms with Gasteiger partial charge < -0.3 is 11.5 Å². The van der Waals surface area contributed by atoms with Gasteiger partial charge in [0.05, 0.1) is 27.4 Å². The van der Waals surface area contributed by atoms with Crippen LogP contribution in [0, 0.1) is 24.4 Å². The molecule has 1 aliphatic carbocycles. The van der Waals surface area contributed by atoms with Gasteiger partial charge in [-0.15, -0.1) is 0 Å². The third-order valence-corrected chi connectivity index (χ3v) is 8.87. The minimum atomic E-state index is -5.16. The second kappa shape index (κ2) is 9.60. The van der Waals surface area contributed by atoms with Gasteiger partial charge in [-0.1, -0.05) is 17.7 Å². The summed E-state index contributed by atoms with van der Waals surface area (Å²) in [5.41, 5.74) is 7.40. The van der Waals surface area contributed by atoms with Gasteiger partial charge in [-0.3, -0.25) is 0 Å². The number of aryl methyl sites for hydroxylation is 1. The van der Waals surface area contributed by atoms with Gasteiger partial charge in [-0.25, -0.2) is 30.5 Å². The van der Waals surface area contributed by atoms with Gasteiger partial charge in [0.1, 0.15) is 17.2 Å². The third-order valence-electron chi connectivity index (χ3n) is 7.20. The number of alkyl halides is 3. The molecular weight excluding hydrogens is 558 g/mol. The average Bonchev–Trinajstić information content (AvgIpc) is 3.24. The maximum Gasteiger partial charge on any atom is 0.418 e. The van der Waals surface area contributed by atoms with Crippen LogP contribution in [0.2, 0.25) is 0 Å². The molecule has 0 bridgehead atoms. The molecule has 212 valence electrons. The van der Waals surface area contributed by atoms with Gasteiger partial charge in [-0.05, 0) is 56.9 Å². The molecule has 5 rings (SSSR count). The van der Waals surface area contributed by atoms with E-state index < -0.39 is 78.6 Å². The fourth-order valence-electron chi connectivity index (χ4n) is 5.27. The van der Waals surface area contributed by atoms with Crippen LogP contribution in [-0.2, 0) is 21.7 Å². The number of fused-ring (bicyclic) bond motifs is 1. The first-order valence-corrected chi connectivity index (χ1v) is 13.7. The first-order chi connectivity index (χ1) is 18.6. The highest BCUT2D eigenvalue weighted by Gasteiger charge is 2.42. The molecule has 2 unspecified atom stereocenters. The van der Waals surface area contributed by atoms with E-state index in [1.54, 1.807) is 6.92 Å². The maximum absolute atomic E-state index is 15.2. The summed E-state index contributed by atoms with van der Waals surface area (Å²) >= 11 is 0. The Bertz CT molecular complexity index is 1730. The van der Waals surface area contributed by atoms with Gasteiger partial charge in [0.2, 0.25) is 0 Å². The van der Waals surface area contributed by atoms with Crippen molar-refractivity contribution in [3.05, 3.63) is 82.9 Å². The summed E-state index contributed by atoms with van der Waals surface area (Å²) in [6.45, 7) is 1.71. The summed E-state index contributed by atoms with van der Waals surface area (Å²) in [6, 6.07) is 6.36. The number of rotatable bonds is 4. The number of aromatic nitrogens is 2. The van der Waals surface area contributed by atoms with Crippen molar-refractivity contribution < 1.29 is 34.8 Å². The molecule has 4 aromatic rings. The van der Waals surface area contributed by atoms with Crippen LogP contribution < -0.4 is 11.5 Å². The highest BCUT2D eigenvalue weighted by Crippen LogP contribution is 2.44. The van der Waals surface area contributed by atoms with E-state index in [1.165, 1.54) is 24.3 Å². The normalized spacial score (nSPS) is 20.3. The molecule has 0 aliphatic heterocycles. The van der Waals surface area contributed by atoms with Crippen molar-refractivity contribution in [1.82, 2.24) is 8.96 Å². The van der Waals surface area contributed by atoms with Gasteiger partial charge >= 0.3 is 6.18 Å². The number of halogens is 6. The van der Waals surface area contributed by atoms with E-state index in [0.29, 0.717) is 28.9 Å². The molecule has 0 amide bonds. The number of pyridine rings is 1. The van der Waals surface area contributed by atoms with Crippen LogP contribution in [-0.4, -0.2) is 23.4 Å². The zero-order chi connectivity index (χ0) is 29.2. The number of hydrogen-bond acceptors (Lipinski definition) is 5. The van der Waals surface area contributed by atoms with Crippen molar-refractivity contribution in [3.63, 3.8) is 0 Å². The monoisotopic (exact) mass is 582 g/mol. The highest BCUT2D eigenvalue weighted by atomic mass is 32.2. The van der Waals surface area contributed by atoms with E-state index in [-0.39, 0.29) is 23.8 Å². The Morgan fingerprint density at radius 3 is 2.35 bits per heavy atom. The Labute approximate surface area is 225 Å². The van der Waals surface area contributed by atoms with Crippen LogP contribution in [0.4, 0.5) is 26.3 Å². The summed E-state index contributed by atoms with van der Waals surface area (Å²) in [5.74, 6) is -3.82. The Kier molecular flexibility index (Phi) is 6.75. The lowest BCUT2D eigenvalue weighted by Crippen LogP contribution is -2.47. The lowest BCUT2D eigenvalue weighted by Gasteiger charge is -2.36. The number of hydrogen-bond donors (Lipinski definition) is 2. The minimum absolute atomic E-state index is 0.0363. The van der Waals surface area contributed by atoms with Crippen molar-refractivity contribution in [2.24, 2.45) is 11.5 Å². The highest BCUT2D eigenvalue weighted by molar-refractivity contribution is 7.90. The molecule has 2 aromatic heterocycles. The predicted molar refractivity (Wildman–Crippen MR) is 136 cm³/mol. The first kappa shape index (κ1) is 28.1. The van der Waals surface area contributed by atoms with Crippen LogP contribution in [0.15, 0.2) is 53.6 Å². The third kappa shape index (κ3) is 4.75. The standard InChI is InChI=1S/C27H24F6N4O2S/c1-14-4-6-17(7-5-14)40(38,39)37-13-19(18-9-15(28)10-21(29)24(18)37)23-20(27(31,32)33)11-22(30)25(36-23)26(35)8-2-3-16(34)12-26/h4-7,9-11,13,16H,2-3,8,12,34-35H2,1H3. The van der Waals surface area contributed by atoms with Gasteiger partial charge in [0.25, 0.3) is 10.0 Å². The summed E-state index contributed by atoms with van der Waals surface area (Å²) < 4.78 is 115. The second-order valence-electron chi connectivity index (χ2n) is 10.2. The van der Waals surface area contributed by atoms with E-state index in [0.717, 1.165) is 11.8 Å². The van der Waals surface area contributed by atoms with Gasteiger partial charge in [-0.2, -0.15) is 13.2 Å². The number of benzene rings is 2. The van der Waals surface area contributed by atoms with Crippen molar-refractivity contribution in [2.45, 2.75) is 55.3 Å². The molecule has 0 radical (unpaired) electrons. The van der Waals surface area contributed by atoms with E-state index in [1.807, 2.05) is 0 Å². The van der Waals surface area contributed by atoms with Crippen LogP contribution >= 0.6 is 0 Å². The van der Waals surface area contributed by atoms with E-state index in [4.69, 9.17) is 11.5 Å². The topological polar surface area (TPSA) is 104 Å². The molecule has 40 heavy (non-hydrogen) atoms. The molecule has 1 fully saturated rings. The smallest absolute Gasteiger partial charge is 0.328 e. The van der Waals surface area contributed by atoms with Crippen LogP contribution in [0.3, 0.4) is 0 Å². The van der Waals surface area contributed by atoms with E-state index in [2.05, 4.69) is 4.98 Å². The zero-order valence-corrected chi connectivity index (χ0v) is 21.9. The van der Waals surface area contributed by atoms with E-state index >= 15 is 8.78 Å². The van der Waals surface area contributed by atoms with Crippen molar-refractivity contribution >= 4 is 20.9 Å². The van der Waals surface area contributed by atoms with E-state index in [9.17, 15) is 26.0 Å². The molecule has 0 saturated heterocycles. The van der Waals surface area contributed by atoms with Gasteiger partial charge in [0, 0.05) is 29.3 Å². The van der Waals surface area contributed by atoms with Crippen molar-refractivity contribution in [1.29, 1.82) is 0 Å². The van der Waals surface area contributed by atoms with Crippen molar-refractivity contribution in [2.75, 3.05) is 0 Å². The Morgan fingerprint density at radius 1 is 1.05 bits per heavy atom. The van der Waals surface area contributed by atoms with Crippen LogP contribution in [0.1, 0.15) is 42.5 Å². The zero-order valence-electron chi connectivity index (χ0n) is 21.1. The number of nitrogens with zero attached hydrogens (tertiary/aromatic N) is 2. The molecule has 2 heterocycles. The molecule has 1 aliphatic rings. The fourth-order valence-corrected chi connectivity index (χ4v) is 6.65. The predicted octanol–water partition coefficient (Wildman–Crippen LogP) is 5.74. The lowest BCUT2D eigenvalue weighted by atomic mass is 9.77. The fraction of sp³-hybridized carbons (Fsp3) is 0.296. The summed E-state index contributed by atoms with van der Waals surface area (Å²) in [7, 11) is -4.58. The Hall–Kier alpha value is -3.42. The molecular formula is C27H24F6N4O2S. The average molecular weight is 583 g/mol. The largest absolute Gasteiger partial charge is 0.418 e. The Balaban J connectivity index is 1.85. The van der Waals surface area contributed by atoms with Crippen LogP contribution in [0.25, 0.3) is 22.2 Å². The van der Waals surface area contributed by atoms with Crippen LogP contribution in [0.5, 0.6) is 0 Å². The molecule has 0 spiro atoms. The molecule has 6 nitrogen and oxygen atoms in total. The number of nitrogens with two attached hydrogens (primary N) is 2.